The topological polar surface area (TPSA) is 30.2 Å². The van der Waals surface area contributed by atoms with Crippen molar-refractivity contribution in [3.63, 3.8) is 0 Å². The van der Waals surface area contributed by atoms with Gasteiger partial charge >= 0.3 is 0 Å². The molecular weight excluding hydrogens is 233 g/mol. The molecule has 0 bridgehead atoms. The van der Waals surface area contributed by atoms with E-state index in [1.165, 1.54) is 12.1 Å². The van der Waals surface area contributed by atoms with Crippen molar-refractivity contribution in [2.45, 2.75) is 6.92 Å². The highest BCUT2D eigenvalue weighted by Gasteiger charge is 2.21. The average molecular weight is 240 g/mol. The van der Waals surface area contributed by atoms with Gasteiger partial charge in [0.2, 0.25) is 5.78 Å². The zero-order valence-corrected chi connectivity index (χ0v) is 8.76. The largest absolute Gasteiger partial charge is 0.458 e. The van der Waals surface area contributed by atoms with Gasteiger partial charge in [0, 0.05) is 0 Å². The predicted molar refractivity (Wildman–Crippen MR) is 53.2 cm³/mol. The van der Waals surface area contributed by atoms with Crippen LogP contribution in [0.25, 0.3) is 0 Å². The van der Waals surface area contributed by atoms with Crippen LogP contribution in [-0.2, 0) is 0 Å². The second kappa shape index (κ2) is 4.08. The maximum atomic E-state index is 13.3. The SMILES string of the molecule is Cc1ccc(C(=O)c2ccc(F)c(F)c2F)o1. The molecule has 0 amide bonds. The Bertz CT molecular complexity index is 587. The highest BCUT2D eigenvalue weighted by Crippen LogP contribution is 2.19. The van der Waals surface area contributed by atoms with Crippen LogP contribution in [0.2, 0.25) is 0 Å². The van der Waals surface area contributed by atoms with Crippen molar-refractivity contribution in [2.24, 2.45) is 0 Å². The number of halogens is 3. The summed E-state index contributed by atoms with van der Waals surface area (Å²) in [6, 6.07) is 4.44. The van der Waals surface area contributed by atoms with Crippen LogP contribution in [-0.4, -0.2) is 5.78 Å². The molecule has 0 aliphatic rings. The summed E-state index contributed by atoms with van der Waals surface area (Å²) in [5.41, 5.74) is -0.557. The number of furan rings is 1. The molecule has 88 valence electrons. The van der Waals surface area contributed by atoms with Crippen molar-refractivity contribution >= 4 is 5.78 Å². The fraction of sp³-hybridized carbons (Fsp3) is 0.0833. The standard InChI is InChI=1S/C12H7F3O2/c1-6-2-5-9(17-6)12(16)7-3-4-8(13)11(15)10(7)14/h2-5H,1H3. The summed E-state index contributed by atoms with van der Waals surface area (Å²) in [6.07, 6.45) is 0. The average Bonchev–Trinajstić information content (AvgIpc) is 2.72. The Labute approximate surface area is 94.7 Å². The summed E-state index contributed by atoms with van der Waals surface area (Å²) < 4.78 is 43.9. The summed E-state index contributed by atoms with van der Waals surface area (Å²) in [4.78, 5) is 11.7. The number of carbonyl (C=O) groups excluding carboxylic acids is 1. The van der Waals surface area contributed by atoms with E-state index in [1.54, 1.807) is 6.92 Å². The third kappa shape index (κ3) is 1.95. The van der Waals surface area contributed by atoms with Gasteiger partial charge < -0.3 is 4.42 Å². The molecule has 1 aromatic heterocycles. The molecule has 0 fully saturated rings. The molecule has 5 heteroatoms. The molecule has 0 N–H and O–H groups in total. The number of hydrogen-bond donors (Lipinski definition) is 0. The summed E-state index contributed by atoms with van der Waals surface area (Å²) in [5, 5.41) is 0. The molecule has 0 saturated heterocycles. The Balaban J connectivity index is 2.48. The Morgan fingerprint density at radius 3 is 2.35 bits per heavy atom. The lowest BCUT2D eigenvalue weighted by molar-refractivity contribution is 0.100. The van der Waals surface area contributed by atoms with E-state index in [9.17, 15) is 18.0 Å². The second-order valence-corrected chi connectivity index (χ2v) is 3.46. The predicted octanol–water partition coefficient (Wildman–Crippen LogP) is 3.24. The normalized spacial score (nSPS) is 10.6. The molecule has 1 heterocycles. The molecule has 2 aromatic rings. The minimum atomic E-state index is -1.67. The quantitative estimate of drug-likeness (QED) is 0.595. The van der Waals surface area contributed by atoms with E-state index >= 15 is 0 Å². The molecular formula is C12H7F3O2. The van der Waals surface area contributed by atoms with E-state index in [1.807, 2.05) is 0 Å². The Kier molecular flexibility index (Phi) is 2.75. The lowest BCUT2D eigenvalue weighted by Crippen LogP contribution is -2.06. The van der Waals surface area contributed by atoms with E-state index in [0.29, 0.717) is 11.8 Å². The van der Waals surface area contributed by atoms with Crippen LogP contribution in [0.3, 0.4) is 0 Å². The third-order valence-corrected chi connectivity index (χ3v) is 2.24. The first-order valence-corrected chi connectivity index (χ1v) is 4.75. The Morgan fingerprint density at radius 1 is 1.06 bits per heavy atom. The fourth-order valence-electron chi connectivity index (χ4n) is 1.39. The summed E-state index contributed by atoms with van der Waals surface area (Å²) in [5.74, 6) is -4.99. The van der Waals surface area contributed by atoms with Crippen molar-refractivity contribution < 1.29 is 22.4 Å². The molecule has 0 atom stereocenters. The van der Waals surface area contributed by atoms with Crippen LogP contribution >= 0.6 is 0 Å². The molecule has 0 saturated carbocycles. The molecule has 17 heavy (non-hydrogen) atoms. The van der Waals surface area contributed by atoms with Gasteiger partial charge in [0.1, 0.15) is 5.76 Å². The first kappa shape index (κ1) is 11.4. The molecule has 0 radical (unpaired) electrons. The highest BCUT2D eigenvalue weighted by molar-refractivity contribution is 6.07. The number of aryl methyl sites for hydroxylation is 1. The van der Waals surface area contributed by atoms with Gasteiger partial charge in [0.25, 0.3) is 0 Å². The Hall–Kier alpha value is -2.04. The van der Waals surface area contributed by atoms with Crippen LogP contribution in [0, 0.1) is 24.4 Å². The zero-order chi connectivity index (χ0) is 12.6. The van der Waals surface area contributed by atoms with Gasteiger partial charge in [0.05, 0.1) is 5.56 Å². The molecule has 0 spiro atoms. The third-order valence-electron chi connectivity index (χ3n) is 2.24. The van der Waals surface area contributed by atoms with Crippen LogP contribution in [0.1, 0.15) is 21.9 Å². The number of ketones is 1. The molecule has 0 aliphatic heterocycles. The summed E-state index contributed by atoms with van der Waals surface area (Å²) in [6.45, 7) is 1.61. The maximum Gasteiger partial charge on any atom is 0.231 e. The van der Waals surface area contributed by atoms with Crippen molar-refractivity contribution in [1.29, 1.82) is 0 Å². The number of rotatable bonds is 2. The monoisotopic (exact) mass is 240 g/mol. The minimum absolute atomic E-state index is 0.118. The smallest absolute Gasteiger partial charge is 0.231 e. The number of benzene rings is 1. The second-order valence-electron chi connectivity index (χ2n) is 3.46. The lowest BCUT2D eigenvalue weighted by Gasteiger charge is -2.01. The van der Waals surface area contributed by atoms with Gasteiger partial charge in [-0.1, -0.05) is 0 Å². The molecule has 1 aromatic carbocycles. The molecule has 0 aliphatic carbocycles. The number of carbonyl (C=O) groups is 1. The van der Waals surface area contributed by atoms with Crippen LogP contribution in [0.5, 0.6) is 0 Å². The van der Waals surface area contributed by atoms with Crippen molar-refractivity contribution in [3.8, 4) is 0 Å². The first-order valence-electron chi connectivity index (χ1n) is 4.75. The maximum absolute atomic E-state index is 13.3. The highest BCUT2D eigenvalue weighted by atomic mass is 19.2. The first-order chi connectivity index (χ1) is 8.00. The van der Waals surface area contributed by atoms with Gasteiger partial charge in [-0.15, -0.1) is 0 Å². The minimum Gasteiger partial charge on any atom is -0.458 e. The van der Waals surface area contributed by atoms with Gasteiger partial charge in [-0.3, -0.25) is 4.79 Å². The van der Waals surface area contributed by atoms with E-state index in [2.05, 4.69) is 0 Å². The summed E-state index contributed by atoms with van der Waals surface area (Å²) in [7, 11) is 0. The van der Waals surface area contributed by atoms with E-state index in [0.717, 1.165) is 6.07 Å². The van der Waals surface area contributed by atoms with E-state index in [4.69, 9.17) is 4.42 Å². The van der Waals surface area contributed by atoms with Crippen LogP contribution in [0.4, 0.5) is 13.2 Å². The molecule has 0 unspecified atom stereocenters. The van der Waals surface area contributed by atoms with Crippen molar-refractivity contribution in [3.05, 3.63) is 58.8 Å². The van der Waals surface area contributed by atoms with Crippen LogP contribution < -0.4 is 0 Å². The van der Waals surface area contributed by atoms with Gasteiger partial charge in [0.15, 0.2) is 23.2 Å². The zero-order valence-electron chi connectivity index (χ0n) is 8.76. The van der Waals surface area contributed by atoms with Gasteiger partial charge in [-0.05, 0) is 31.2 Å². The van der Waals surface area contributed by atoms with Crippen molar-refractivity contribution in [1.82, 2.24) is 0 Å². The van der Waals surface area contributed by atoms with Crippen molar-refractivity contribution in [2.75, 3.05) is 0 Å². The van der Waals surface area contributed by atoms with Gasteiger partial charge in [-0.25, -0.2) is 13.2 Å². The van der Waals surface area contributed by atoms with E-state index < -0.39 is 28.8 Å². The molecule has 2 nitrogen and oxygen atoms in total. The van der Waals surface area contributed by atoms with Gasteiger partial charge in [-0.2, -0.15) is 0 Å². The number of hydrogen-bond acceptors (Lipinski definition) is 2. The fourth-order valence-corrected chi connectivity index (χ4v) is 1.39. The summed E-state index contributed by atoms with van der Waals surface area (Å²) >= 11 is 0. The Morgan fingerprint density at radius 2 is 1.76 bits per heavy atom. The lowest BCUT2D eigenvalue weighted by atomic mass is 10.1. The van der Waals surface area contributed by atoms with E-state index in [-0.39, 0.29) is 5.76 Å². The molecule has 2 rings (SSSR count). The van der Waals surface area contributed by atoms with Crippen LogP contribution in [0.15, 0.2) is 28.7 Å².